The number of morpholine rings is 1. The summed E-state index contributed by atoms with van der Waals surface area (Å²) in [5.41, 5.74) is 0. The maximum Gasteiger partial charge on any atom is 0.0594 e. The molecule has 0 aliphatic carbocycles. The zero-order chi connectivity index (χ0) is 12.7. The lowest BCUT2D eigenvalue weighted by Crippen LogP contribution is -2.42. The Balaban J connectivity index is 2.17. The first kappa shape index (κ1) is 14.9. The van der Waals surface area contributed by atoms with Crippen LogP contribution >= 0.6 is 0 Å². The second kappa shape index (κ2) is 8.06. The van der Waals surface area contributed by atoms with Crippen LogP contribution in [-0.4, -0.2) is 50.3 Å². The van der Waals surface area contributed by atoms with Gasteiger partial charge in [-0.25, -0.2) is 0 Å². The average molecular weight is 242 g/mol. The van der Waals surface area contributed by atoms with E-state index in [4.69, 9.17) is 4.74 Å². The molecule has 1 aliphatic heterocycles. The first-order valence-electron chi connectivity index (χ1n) is 7.17. The Morgan fingerprint density at radius 3 is 2.35 bits per heavy atom. The van der Waals surface area contributed by atoms with E-state index in [0.29, 0.717) is 6.04 Å². The van der Waals surface area contributed by atoms with Crippen molar-refractivity contribution in [1.82, 2.24) is 10.2 Å². The zero-order valence-electron chi connectivity index (χ0n) is 12.0. The van der Waals surface area contributed by atoms with E-state index in [1.165, 1.54) is 13.0 Å². The third-order valence-corrected chi connectivity index (χ3v) is 3.65. The van der Waals surface area contributed by atoms with E-state index in [0.717, 1.165) is 44.7 Å². The number of hydrogen-bond acceptors (Lipinski definition) is 3. The Morgan fingerprint density at radius 1 is 1.18 bits per heavy atom. The molecule has 3 heteroatoms. The molecule has 0 aromatic rings. The molecule has 0 aromatic carbocycles. The average Bonchev–Trinajstić information content (AvgIpc) is 2.30. The molecule has 0 spiro atoms. The van der Waals surface area contributed by atoms with Gasteiger partial charge in [0.1, 0.15) is 0 Å². The molecule has 1 heterocycles. The van der Waals surface area contributed by atoms with Gasteiger partial charge < -0.3 is 10.1 Å². The molecule has 0 bridgehead atoms. The van der Waals surface area contributed by atoms with E-state index >= 15 is 0 Å². The molecule has 0 amide bonds. The van der Waals surface area contributed by atoms with Crippen LogP contribution in [0.2, 0.25) is 0 Å². The van der Waals surface area contributed by atoms with E-state index in [1.807, 2.05) is 0 Å². The zero-order valence-corrected chi connectivity index (χ0v) is 12.0. The highest BCUT2D eigenvalue weighted by Crippen LogP contribution is 2.07. The Bertz CT molecular complexity index is 191. The van der Waals surface area contributed by atoms with E-state index < -0.39 is 0 Å². The van der Waals surface area contributed by atoms with Crippen LogP contribution in [-0.2, 0) is 4.74 Å². The molecule has 0 aromatic heterocycles. The van der Waals surface area contributed by atoms with Gasteiger partial charge in [-0.2, -0.15) is 0 Å². The quantitative estimate of drug-likeness (QED) is 0.739. The van der Waals surface area contributed by atoms with Crippen LogP contribution in [0.4, 0.5) is 0 Å². The van der Waals surface area contributed by atoms with Crippen molar-refractivity contribution in [3.8, 4) is 0 Å². The van der Waals surface area contributed by atoms with Gasteiger partial charge >= 0.3 is 0 Å². The van der Waals surface area contributed by atoms with Crippen molar-refractivity contribution in [2.45, 2.75) is 40.2 Å². The van der Waals surface area contributed by atoms with Gasteiger partial charge in [-0.05, 0) is 24.8 Å². The minimum Gasteiger partial charge on any atom is -0.379 e. The summed E-state index contributed by atoms with van der Waals surface area (Å²) in [7, 11) is 0. The fourth-order valence-electron chi connectivity index (χ4n) is 2.49. The van der Waals surface area contributed by atoms with Crippen molar-refractivity contribution >= 4 is 0 Å². The Kier molecular flexibility index (Phi) is 7.09. The van der Waals surface area contributed by atoms with Crippen molar-refractivity contribution in [2.75, 3.05) is 39.4 Å². The molecule has 1 rings (SSSR count). The number of nitrogens with zero attached hydrogens (tertiary/aromatic N) is 1. The Labute approximate surface area is 107 Å². The third kappa shape index (κ3) is 5.84. The molecule has 3 nitrogen and oxygen atoms in total. The molecule has 0 unspecified atom stereocenters. The monoisotopic (exact) mass is 242 g/mol. The second-order valence-electron chi connectivity index (χ2n) is 5.69. The predicted octanol–water partition coefficient (Wildman–Crippen LogP) is 1.98. The van der Waals surface area contributed by atoms with Crippen LogP contribution in [0.5, 0.6) is 0 Å². The summed E-state index contributed by atoms with van der Waals surface area (Å²) < 4.78 is 5.37. The van der Waals surface area contributed by atoms with Gasteiger partial charge in [0.2, 0.25) is 0 Å². The summed E-state index contributed by atoms with van der Waals surface area (Å²) in [6.07, 6.45) is 1.22. The molecule has 17 heavy (non-hydrogen) atoms. The van der Waals surface area contributed by atoms with Crippen molar-refractivity contribution in [3.63, 3.8) is 0 Å². The van der Waals surface area contributed by atoms with Gasteiger partial charge in [-0.1, -0.05) is 27.7 Å². The SMILES string of the molecule is CC[C@H](NC[C@@H](C)CN1CCOCC1)C(C)C. The molecule has 0 radical (unpaired) electrons. The van der Waals surface area contributed by atoms with Crippen molar-refractivity contribution in [2.24, 2.45) is 11.8 Å². The molecule has 1 fully saturated rings. The van der Waals surface area contributed by atoms with Gasteiger partial charge in [0.25, 0.3) is 0 Å². The number of ether oxygens (including phenoxy) is 1. The lowest BCUT2D eigenvalue weighted by atomic mass is 10.0. The fraction of sp³-hybridized carbons (Fsp3) is 1.00. The van der Waals surface area contributed by atoms with Crippen LogP contribution in [0.25, 0.3) is 0 Å². The summed E-state index contributed by atoms with van der Waals surface area (Å²) in [5.74, 6) is 1.46. The minimum absolute atomic E-state index is 0.669. The molecule has 1 saturated heterocycles. The first-order chi connectivity index (χ1) is 8.13. The fourth-order valence-corrected chi connectivity index (χ4v) is 2.49. The lowest BCUT2D eigenvalue weighted by Gasteiger charge is -2.30. The highest BCUT2D eigenvalue weighted by molar-refractivity contribution is 4.72. The largest absolute Gasteiger partial charge is 0.379 e. The van der Waals surface area contributed by atoms with Gasteiger partial charge in [0.05, 0.1) is 13.2 Å². The van der Waals surface area contributed by atoms with E-state index in [2.05, 4.69) is 37.9 Å². The molecule has 0 saturated carbocycles. The third-order valence-electron chi connectivity index (χ3n) is 3.65. The van der Waals surface area contributed by atoms with Crippen molar-refractivity contribution in [3.05, 3.63) is 0 Å². The molecule has 1 N–H and O–H groups in total. The molecule has 1 aliphatic rings. The summed E-state index contributed by atoms with van der Waals surface area (Å²) in [4.78, 5) is 2.52. The van der Waals surface area contributed by atoms with Crippen LogP contribution in [0.15, 0.2) is 0 Å². The number of nitrogens with one attached hydrogen (secondary N) is 1. The predicted molar refractivity (Wildman–Crippen MR) is 73.3 cm³/mol. The Hall–Kier alpha value is -0.120. The maximum absolute atomic E-state index is 5.37. The summed E-state index contributed by atoms with van der Waals surface area (Å²) >= 11 is 0. The van der Waals surface area contributed by atoms with E-state index in [1.54, 1.807) is 0 Å². The highest BCUT2D eigenvalue weighted by atomic mass is 16.5. The summed E-state index contributed by atoms with van der Waals surface area (Å²) in [6, 6.07) is 0.669. The van der Waals surface area contributed by atoms with E-state index in [-0.39, 0.29) is 0 Å². The first-order valence-corrected chi connectivity index (χ1v) is 7.17. The minimum atomic E-state index is 0.669. The molecular weight excluding hydrogens is 212 g/mol. The van der Waals surface area contributed by atoms with Gasteiger partial charge in [0.15, 0.2) is 0 Å². The summed E-state index contributed by atoms with van der Waals surface area (Å²) in [6.45, 7) is 15.6. The molecule has 102 valence electrons. The van der Waals surface area contributed by atoms with Crippen LogP contribution in [0.1, 0.15) is 34.1 Å². The number of hydrogen-bond donors (Lipinski definition) is 1. The topological polar surface area (TPSA) is 24.5 Å². The van der Waals surface area contributed by atoms with Crippen molar-refractivity contribution in [1.29, 1.82) is 0 Å². The van der Waals surface area contributed by atoms with Gasteiger partial charge in [0, 0.05) is 25.7 Å². The normalized spacial score (nSPS) is 21.7. The highest BCUT2D eigenvalue weighted by Gasteiger charge is 2.15. The van der Waals surface area contributed by atoms with Crippen LogP contribution in [0.3, 0.4) is 0 Å². The van der Waals surface area contributed by atoms with Crippen molar-refractivity contribution < 1.29 is 4.74 Å². The Morgan fingerprint density at radius 2 is 1.82 bits per heavy atom. The summed E-state index contributed by atoms with van der Waals surface area (Å²) in [5, 5.41) is 3.70. The van der Waals surface area contributed by atoms with Crippen LogP contribution < -0.4 is 5.32 Å². The second-order valence-corrected chi connectivity index (χ2v) is 5.69. The maximum atomic E-state index is 5.37. The van der Waals surface area contributed by atoms with Gasteiger partial charge in [-0.3, -0.25) is 4.90 Å². The lowest BCUT2D eigenvalue weighted by molar-refractivity contribution is 0.0315. The van der Waals surface area contributed by atoms with Gasteiger partial charge in [-0.15, -0.1) is 0 Å². The standard InChI is InChI=1S/C14H30N2O/c1-5-14(12(2)3)15-10-13(4)11-16-6-8-17-9-7-16/h12-15H,5-11H2,1-4H3/t13-,14+/m1/s1. The smallest absolute Gasteiger partial charge is 0.0594 e. The van der Waals surface area contributed by atoms with E-state index in [9.17, 15) is 0 Å². The number of rotatable bonds is 7. The molecule has 2 atom stereocenters. The molecular formula is C14H30N2O. The van der Waals surface area contributed by atoms with Crippen LogP contribution in [0, 0.1) is 11.8 Å².